The Labute approximate surface area is 139 Å². The van der Waals surface area contributed by atoms with Gasteiger partial charge in [0.2, 0.25) is 0 Å². The summed E-state index contributed by atoms with van der Waals surface area (Å²) in [6.45, 7) is 2.90. The van der Waals surface area contributed by atoms with E-state index in [0.717, 1.165) is 34.6 Å². The van der Waals surface area contributed by atoms with Crippen LogP contribution in [0.5, 0.6) is 5.75 Å². The van der Waals surface area contributed by atoms with Gasteiger partial charge in [0.15, 0.2) is 5.82 Å². The van der Waals surface area contributed by atoms with Gasteiger partial charge in [-0.2, -0.15) is 5.10 Å². The highest BCUT2D eigenvalue weighted by atomic mass is 16.5. The van der Waals surface area contributed by atoms with Gasteiger partial charge in [-0.3, -0.25) is 9.89 Å². The van der Waals surface area contributed by atoms with Crippen molar-refractivity contribution in [1.29, 1.82) is 0 Å². The second kappa shape index (κ2) is 6.76. The van der Waals surface area contributed by atoms with Gasteiger partial charge in [0.25, 0.3) is 5.91 Å². The third-order valence-corrected chi connectivity index (χ3v) is 3.82. The fourth-order valence-corrected chi connectivity index (χ4v) is 2.77. The number of aromatic nitrogens is 3. The van der Waals surface area contributed by atoms with Crippen LogP contribution in [0, 0.1) is 0 Å². The number of nitrogens with one attached hydrogen (secondary N) is 2. The highest BCUT2D eigenvalue weighted by Gasteiger charge is 2.13. The zero-order chi connectivity index (χ0) is 17.1. The van der Waals surface area contributed by atoms with Crippen molar-refractivity contribution in [1.82, 2.24) is 14.8 Å². The van der Waals surface area contributed by atoms with Crippen molar-refractivity contribution in [3.63, 3.8) is 0 Å². The van der Waals surface area contributed by atoms with Crippen LogP contribution in [0.1, 0.15) is 6.92 Å². The summed E-state index contributed by atoms with van der Waals surface area (Å²) in [5.74, 6) is 1.05. The molecule has 1 aromatic carbocycles. The molecule has 24 heavy (non-hydrogen) atoms. The van der Waals surface area contributed by atoms with E-state index in [1.165, 1.54) is 7.11 Å². The van der Waals surface area contributed by atoms with E-state index in [0.29, 0.717) is 5.82 Å². The number of carbonyl (C=O) groups is 1. The quantitative estimate of drug-likeness (QED) is 0.729. The average Bonchev–Trinajstić information content (AvgIpc) is 3.17. The second-order valence-electron chi connectivity index (χ2n) is 5.35. The fourth-order valence-electron chi connectivity index (χ4n) is 2.77. The molecule has 0 atom stereocenters. The van der Waals surface area contributed by atoms with Crippen LogP contribution in [0.3, 0.4) is 0 Å². The number of amides is 1. The molecule has 0 radical (unpaired) electrons. The third kappa shape index (κ3) is 2.98. The van der Waals surface area contributed by atoms with Gasteiger partial charge in [-0.1, -0.05) is 0 Å². The Hall–Kier alpha value is -2.80. The van der Waals surface area contributed by atoms with Gasteiger partial charge in [0.1, 0.15) is 12.4 Å². The number of hydrogen-bond acceptors (Lipinski definition) is 4. The number of fused-ring (bicyclic) bond motifs is 1. The molecule has 3 aromatic rings. The number of aromatic amines is 1. The molecule has 2 heterocycles. The molecule has 0 fully saturated rings. The van der Waals surface area contributed by atoms with Crippen molar-refractivity contribution < 1.29 is 14.3 Å². The third-order valence-electron chi connectivity index (χ3n) is 3.82. The lowest BCUT2D eigenvalue weighted by Crippen LogP contribution is -2.17. The number of methoxy groups -OCH3 is 2. The molecule has 7 heteroatoms. The molecule has 2 N–H and O–H groups in total. The monoisotopic (exact) mass is 328 g/mol. The topological polar surface area (TPSA) is 81.2 Å². The van der Waals surface area contributed by atoms with Gasteiger partial charge in [-0.05, 0) is 31.2 Å². The van der Waals surface area contributed by atoms with Crippen LogP contribution in [0.15, 0.2) is 30.3 Å². The van der Waals surface area contributed by atoms with Crippen LogP contribution < -0.4 is 10.1 Å². The number of H-pyrrole nitrogens is 1. The maximum absolute atomic E-state index is 11.6. The summed E-state index contributed by atoms with van der Waals surface area (Å²) in [7, 11) is 3.13. The molecule has 7 nitrogen and oxygen atoms in total. The van der Waals surface area contributed by atoms with Gasteiger partial charge in [-0.15, -0.1) is 0 Å². The molecule has 0 bridgehead atoms. The molecule has 0 saturated heterocycles. The Bertz CT molecular complexity index is 866. The van der Waals surface area contributed by atoms with E-state index in [9.17, 15) is 4.79 Å². The number of rotatable bonds is 6. The first-order valence-corrected chi connectivity index (χ1v) is 7.68. The maximum Gasteiger partial charge on any atom is 0.251 e. The van der Waals surface area contributed by atoms with E-state index < -0.39 is 0 Å². The largest absolute Gasteiger partial charge is 0.497 e. The minimum absolute atomic E-state index is 0.00277. The van der Waals surface area contributed by atoms with E-state index in [-0.39, 0.29) is 12.5 Å². The SMILES string of the molecule is CCn1c(-c2cc(NC(=O)COC)n[nH]2)cc2cc(OC)ccc21. The van der Waals surface area contributed by atoms with Crippen molar-refractivity contribution in [2.75, 3.05) is 26.1 Å². The van der Waals surface area contributed by atoms with Gasteiger partial charge < -0.3 is 19.4 Å². The molecule has 0 spiro atoms. The minimum atomic E-state index is -0.240. The van der Waals surface area contributed by atoms with Crippen molar-refractivity contribution >= 4 is 22.6 Å². The number of ether oxygens (including phenoxy) is 2. The summed E-state index contributed by atoms with van der Waals surface area (Å²) < 4.78 is 12.3. The number of benzene rings is 1. The molecule has 0 unspecified atom stereocenters. The number of nitrogens with zero attached hydrogens (tertiary/aromatic N) is 2. The van der Waals surface area contributed by atoms with E-state index >= 15 is 0 Å². The van der Waals surface area contributed by atoms with Crippen LogP contribution in [-0.2, 0) is 16.1 Å². The highest BCUT2D eigenvalue weighted by molar-refractivity contribution is 5.92. The first-order valence-electron chi connectivity index (χ1n) is 7.68. The van der Waals surface area contributed by atoms with E-state index in [1.807, 2.05) is 24.3 Å². The standard InChI is InChI=1S/C17H20N4O3/c1-4-21-14-6-5-12(24-3)7-11(14)8-15(21)13-9-16(20-19-13)18-17(22)10-23-2/h5-9H,4,10H2,1-3H3,(H2,18,19,20,22). The fraction of sp³-hybridized carbons (Fsp3) is 0.294. The van der Waals surface area contributed by atoms with E-state index in [1.54, 1.807) is 7.11 Å². The number of aryl methyl sites for hydroxylation is 1. The van der Waals surface area contributed by atoms with Crippen LogP contribution in [0.4, 0.5) is 5.82 Å². The zero-order valence-corrected chi connectivity index (χ0v) is 13.9. The van der Waals surface area contributed by atoms with Gasteiger partial charge in [-0.25, -0.2) is 0 Å². The van der Waals surface area contributed by atoms with Crippen LogP contribution in [0.2, 0.25) is 0 Å². The smallest absolute Gasteiger partial charge is 0.251 e. The zero-order valence-electron chi connectivity index (χ0n) is 13.9. The van der Waals surface area contributed by atoms with Gasteiger partial charge >= 0.3 is 0 Å². The van der Waals surface area contributed by atoms with Crippen LogP contribution in [-0.4, -0.2) is 41.5 Å². The summed E-state index contributed by atoms with van der Waals surface area (Å²) in [6, 6.07) is 9.88. The molecular formula is C17H20N4O3. The summed E-state index contributed by atoms with van der Waals surface area (Å²) >= 11 is 0. The molecule has 0 saturated carbocycles. The predicted octanol–water partition coefficient (Wildman–Crippen LogP) is 2.64. The number of hydrogen-bond donors (Lipinski definition) is 2. The van der Waals surface area contributed by atoms with Crippen LogP contribution >= 0.6 is 0 Å². The Morgan fingerprint density at radius 2 is 2.12 bits per heavy atom. The Kier molecular flexibility index (Phi) is 4.52. The first kappa shape index (κ1) is 16.1. The Morgan fingerprint density at radius 3 is 2.83 bits per heavy atom. The van der Waals surface area contributed by atoms with Gasteiger partial charge in [0, 0.05) is 30.6 Å². The molecule has 1 amide bonds. The van der Waals surface area contributed by atoms with Crippen molar-refractivity contribution in [3.05, 3.63) is 30.3 Å². The average molecular weight is 328 g/mol. The molecule has 0 aliphatic carbocycles. The lowest BCUT2D eigenvalue weighted by molar-refractivity contribution is -0.119. The van der Waals surface area contributed by atoms with E-state index in [4.69, 9.17) is 9.47 Å². The van der Waals surface area contributed by atoms with Crippen molar-refractivity contribution in [3.8, 4) is 17.1 Å². The van der Waals surface area contributed by atoms with Gasteiger partial charge in [0.05, 0.1) is 18.5 Å². The molecule has 3 rings (SSSR count). The number of carbonyl (C=O) groups excluding carboxylic acids is 1. The molecular weight excluding hydrogens is 308 g/mol. The second-order valence-corrected chi connectivity index (χ2v) is 5.35. The van der Waals surface area contributed by atoms with Crippen molar-refractivity contribution in [2.24, 2.45) is 0 Å². The molecule has 0 aliphatic heterocycles. The summed E-state index contributed by atoms with van der Waals surface area (Å²) in [4.78, 5) is 11.6. The Balaban J connectivity index is 1.97. The highest BCUT2D eigenvalue weighted by Crippen LogP contribution is 2.30. The van der Waals surface area contributed by atoms with Crippen molar-refractivity contribution in [2.45, 2.75) is 13.5 Å². The molecule has 126 valence electrons. The normalized spacial score (nSPS) is 11.0. The summed E-state index contributed by atoms with van der Waals surface area (Å²) in [5, 5.41) is 10.9. The predicted molar refractivity (Wildman–Crippen MR) is 92.3 cm³/mol. The maximum atomic E-state index is 11.6. The summed E-state index contributed by atoms with van der Waals surface area (Å²) in [6.07, 6.45) is 0. The Morgan fingerprint density at radius 1 is 1.29 bits per heavy atom. The molecule has 2 aromatic heterocycles. The molecule has 0 aliphatic rings. The summed E-state index contributed by atoms with van der Waals surface area (Å²) in [5.41, 5.74) is 2.95. The van der Waals surface area contributed by atoms with Crippen LogP contribution in [0.25, 0.3) is 22.3 Å². The number of anilines is 1. The first-order chi connectivity index (χ1) is 11.7. The lowest BCUT2D eigenvalue weighted by atomic mass is 10.2. The minimum Gasteiger partial charge on any atom is -0.497 e. The van der Waals surface area contributed by atoms with E-state index in [2.05, 4.69) is 33.1 Å². The lowest BCUT2D eigenvalue weighted by Gasteiger charge is -2.06.